The van der Waals surface area contributed by atoms with E-state index in [1.165, 1.54) is 11.3 Å². The molecule has 0 amide bonds. The van der Waals surface area contributed by atoms with Crippen molar-refractivity contribution in [3.05, 3.63) is 52.9 Å². The first-order valence-corrected chi connectivity index (χ1v) is 11.3. The van der Waals surface area contributed by atoms with Gasteiger partial charge in [0, 0.05) is 18.1 Å². The van der Waals surface area contributed by atoms with Crippen LogP contribution in [0.3, 0.4) is 0 Å². The molecule has 0 spiro atoms. The fourth-order valence-corrected chi connectivity index (χ4v) is 5.47. The van der Waals surface area contributed by atoms with Gasteiger partial charge >= 0.3 is 6.18 Å². The normalized spacial score (nSPS) is 16.4. The number of halogens is 3. The maximum Gasteiger partial charge on any atom is 0.433 e. The molecule has 5 nitrogen and oxygen atoms in total. The van der Waals surface area contributed by atoms with Crippen molar-refractivity contribution in [3.8, 4) is 10.4 Å². The van der Waals surface area contributed by atoms with E-state index in [2.05, 4.69) is 20.3 Å². The number of nitrogens with one attached hydrogen (secondary N) is 1. The maximum absolute atomic E-state index is 12.9. The van der Waals surface area contributed by atoms with Crippen LogP contribution in [0.15, 0.2) is 36.7 Å². The Morgan fingerprint density at radius 2 is 1.90 bits per heavy atom. The predicted molar refractivity (Wildman–Crippen MR) is 113 cm³/mol. The lowest BCUT2D eigenvalue weighted by Gasteiger charge is -2.29. The molecule has 2 aromatic heterocycles. The van der Waals surface area contributed by atoms with Gasteiger partial charge in [0.05, 0.1) is 4.88 Å². The number of thiazole rings is 1. The van der Waals surface area contributed by atoms with Crippen LogP contribution in [-0.4, -0.2) is 31.6 Å². The molecule has 1 aliphatic rings. The van der Waals surface area contributed by atoms with Crippen molar-refractivity contribution in [3.63, 3.8) is 0 Å². The highest BCUT2D eigenvalue weighted by Gasteiger charge is 2.35. The van der Waals surface area contributed by atoms with Crippen LogP contribution in [-0.2, 0) is 11.8 Å². The molecule has 0 aliphatic carbocycles. The van der Waals surface area contributed by atoms with Crippen LogP contribution >= 0.6 is 23.1 Å². The van der Waals surface area contributed by atoms with E-state index < -0.39 is 17.5 Å². The summed E-state index contributed by atoms with van der Waals surface area (Å²) in [6.07, 6.45) is -0.364. The number of aliphatic hydroxyl groups is 1. The average Bonchev–Trinajstić information content (AvgIpc) is 3.19. The standard InChI is InChI=1S/C20H19F3N4OS2/c1-12-8-13(15-11-25-17(30-15)19(28)3-6-29-7-4-19)10-14(9-12)26-18-24-5-2-16(27-18)20(21,22)23/h2,5,8-11,28H,3-4,6-7H2,1H3,(H,24,26,27). The highest BCUT2D eigenvalue weighted by Crippen LogP contribution is 2.40. The molecule has 158 valence electrons. The number of hydrogen-bond acceptors (Lipinski definition) is 7. The van der Waals surface area contributed by atoms with Crippen LogP contribution in [0.5, 0.6) is 0 Å². The smallest absolute Gasteiger partial charge is 0.383 e. The molecule has 0 atom stereocenters. The Hall–Kier alpha value is -2.17. The van der Waals surface area contributed by atoms with E-state index in [1.807, 2.05) is 30.8 Å². The molecule has 2 N–H and O–H groups in total. The van der Waals surface area contributed by atoms with Crippen LogP contribution < -0.4 is 5.32 Å². The van der Waals surface area contributed by atoms with Gasteiger partial charge in [-0.25, -0.2) is 15.0 Å². The fraction of sp³-hybridized carbons (Fsp3) is 0.350. The van der Waals surface area contributed by atoms with Crippen LogP contribution in [0.1, 0.15) is 29.1 Å². The van der Waals surface area contributed by atoms with Crippen molar-refractivity contribution < 1.29 is 18.3 Å². The van der Waals surface area contributed by atoms with E-state index in [4.69, 9.17) is 0 Å². The Bertz CT molecular complexity index is 1050. The second-order valence-corrected chi connectivity index (χ2v) is 9.40. The van der Waals surface area contributed by atoms with Gasteiger partial charge in [0.2, 0.25) is 5.95 Å². The molecule has 0 saturated carbocycles. The first-order valence-electron chi connectivity index (χ1n) is 9.29. The zero-order valence-corrected chi connectivity index (χ0v) is 17.7. The van der Waals surface area contributed by atoms with Gasteiger partial charge in [0.1, 0.15) is 16.3 Å². The lowest BCUT2D eigenvalue weighted by Crippen LogP contribution is -2.30. The molecule has 1 aromatic carbocycles. The minimum Gasteiger partial charge on any atom is -0.383 e. The summed E-state index contributed by atoms with van der Waals surface area (Å²) in [6.45, 7) is 1.90. The number of thioether (sulfide) groups is 1. The molecule has 3 aromatic rings. The molecule has 1 aliphatic heterocycles. The minimum atomic E-state index is -4.53. The van der Waals surface area contributed by atoms with Crippen molar-refractivity contribution >= 4 is 34.7 Å². The Balaban J connectivity index is 1.60. The zero-order valence-electron chi connectivity index (χ0n) is 16.0. The molecular formula is C20H19F3N4OS2. The van der Waals surface area contributed by atoms with Gasteiger partial charge in [-0.05, 0) is 60.6 Å². The van der Waals surface area contributed by atoms with Gasteiger partial charge in [-0.1, -0.05) is 6.07 Å². The van der Waals surface area contributed by atoms with E-state index in [0.29, 0.717) is 23.5 Å². The Kier molecular flexibility index (Phi) is 5.73. The van der Waals surface area contributed by atoms with Crippen molar-refractivity contribution in [2.75, 3.05) is 16.8 Å². The Labute approximate surface area is 179 Å². The summed E-state index contributed by atoms with van der Waals surface area (Å²) in [5.41, 5.74) is 0.475. The molecule has 10 heteroatoms. The third kappa shape index (κ3) is 4.60. The topological polar surface area (TPSA) is 70.9 Å². The summed E-state index contributed by atoms with van der Waals surface area (Å²) < 4.78 is 38.7. The van der Waals surface area contributed by atoms with Gasteiger partial charge < -0.3 is 10.4 Å². The van der Waals surface area contributed by atoms with Gasteiger partial charge in [0.25, 0.3) is 0 Å². The van der Waals surface area contributed by atoms with Gasteiger partial charge in [-0.3, -0.25) is 0 Å². The van der Waals surface area contributed by atoms with Crippen molar-refractivity contribution in [1.82, 2.24) is 15.0 Å². The summed E-state index contributed by atoms with van der Waals surface area (Å²) in [4.78, 5) is 12.8. The molecule has 0 unspecified atom stereocenters. The van der Waals surface area contributed by atoms with E-state index in [-0.39, 0.29) is 5.95 Å². The van der Waals surface area contributed by atoms with Crippen molar-refractivity contribution in [2.24, 2.45) is 0 Å². The largest absolute Gasteiger partial charge is 0.433 e. The van der Waals surface area contributed by atoms with Crippen LogP contribution in [0.4, 0.5) is 24.8 Å². The Morgan fingerprint density at radius 3 is 2.63 bits per heavy atom. The number of rotatable bonds is 4. The van der Waals surface area contributed by atoms with Crippen LogP contribution in [0, 0.1) is 6.92 Å². The third-order valence-electron chi connectivity index (χ3n) is 4.79. The summed E-state index contributed by atoms with van der Waals surface area (Å²) in [5, 5.41) is 14.5. The lowest BCUT2D eigenvalue weighted by molar-refractivity contribution is -0.141. The molecule has 30 heavy (non-hydrogen) atoms. The van der Waals surface area contributed by atoms with Gasteiger partial charge in [-0.2, -0.15) is 24.9 Å². The number of nitrogens with zero attached hydrogens (tertiary/aromatic N) is 3. The quantitative estimate of drug-likeness (QED) is 0.553. The second-order valence-electron chi connectivity index (χ2n) is 7.15. The number of hydrogen-bond donors (Lipinski definition) is 2. The summed E-state index contributed by atoms with van der Waals surface area (Å²) in [6, 6.07) is 6.42. The van der Waals surface area contributed by atoms with E-state index in [9.17, 15) is 18.3 Å². The number of benzene rings is 1. The molecule has 4 rings (SSSR count). The van der Waals surface area contributed by atoms with Gasteiger partial charge in [-0.15, -0.1) is 11.3 Å². The highest BCUT2D eigenvalue weighted by molar-refractivity contribution is 7.99. The molecule has 0 bridgehead atoms. The second kappa shape index (κ2) is 8.16. The van der Waals surface area contributed by atoms with E-state index in [1.54, 1.807) is 12.3 Å². The van der Waals surface area contributed by atoms with Gasteiger partial charge in [0.15, 0.2) is 0 Å². The summed E-state index contributed by atoms with van der Waals surface area (Å²) >= 11 is 3.27. The number of aromatic nitrogens is 3. The van der Waals surface area contributed by atoms with Crippen LogP contribution in [0.25, 0.3) is 10.4 Å². The number of aryl methyl sites for hydroxylation is 1. The minimum absolute atomic E-state index is 0.125. The summed E-state index contributed by atoms with van der Waals surface area (Å²) in [7, 11) is 0. The SMILES string of the molecule is Cc1cc(Nc2nccc(C(F)(F)F)n2)cc(-c2cnc(C3(O)CCSCC3)s2)c1. The molecule has 1 fully saturated rings. The first-order chi connectivity index (χ1) is 14.2. The van der Waals surface area contributed by atoms with Crippen molar-refractivity contribution in [2.45, 2.75) is 31.5 Å². The zero-order chi connectivity index (χ0) is 21.4. The molecule has 0 radical (unpaired) electrons. The highest BCUT2D eigenvalue weighted by atomic mass is 32.2. The maximum atomic E-state index is 12.9. The van der Waals surface area contributed by atoms with Crippen LogP contribution in [0.2, 0.25) is 0 Å². The molecular weight excluding hydrogens is 433 g/mol. The average molecular weight is 453 g/mol. The summed E-state index contributed by atoms with van der Waals surface area (Å²) in [5.74, 6) is 1.68. The fourth-order valence-electron chi connectivity index (χ4n) is 3.25. The monoisotopic (exact) mass is 452 g/mol. The Morgan fingerprint density at radius 1 is 1.13 bits per heavy atom. The number of alkyl halides is 3. The predicted octanol–water partition coefficient (Wildman–Crippen LogP) is 5.39. The van der Waals surface area contributed by atoms with E-state index >= 15 is 0 Å². The molecule has 1 saturated heterocycles. The number of anilines is 2. The molecule has 3 heterocycles. The van der Waals surface area contributed by atoms with Crippen molar-refractivity contribution in [1.29, 1.82) is 0 Å². The van der Waals surface area contributed by atoms with E-state index in [0.717, 1.165) is 39.8 Å². The lowest BCUT2D eigenvalue weighted by atomic mass is 9.98. The first kappa shape index (κ1) is 21.1. The third-order valence-corrected chi connectivity index (χ3v) is 7.01.